The Hall–Kier alpha value is -3.06. The third-order valence-electron chi connectivity index (χ3n) is 5.59. The van der Waals surface area contributed by atoms with E-state index in [4.69, 9.17) is 20.9 Å². The van der Waals surface area contributed by atoms with Gasteiger partial charge in [-0.1, -0.05) is 16.8 Å². The lowest BCUT2D eigenvalue weighted by molar-refractivity contribution is -0.141. The van der Waals surface area contributed by atoms with E-state index in [1.807, 2.05) is 45.0 Å². The van der Waals surface area contributed by atoms with Gasteiger partial charge in [-0.05, 0) is 82.0 Å². The number of benzene rings is 2. The number of anilines is 1. The number of carbonyl (C=O) groups is 1. The Morgan fingerprint density at radius 1 is 1.22 bits per heavy atom. The molecule has 32 heavy (non-hydrogen) atoms. The Morgan fingerprint density at radius 2 is 2.00 bits per heavy atom. The molecule has 0 bridgehead atoms. The molecule has 0 saturated heterocycles. The number of carboxylic acids is 1. The van der Waals surface area contributed by atoms with Crippen molar-refractivity contribution in [2.45, 2.75) is 52.2 Å². The summed E-state index contributed by atoms with van der Waals surface area (Å²) in [5.74, 6) is 0.508. The largest absolute Gasteiger partial charge is 0.489 e. The molecule has 0 spiro atoms. The van der Waals surface area contributed by atoms with Crippen LogP contribution in [-0.4, -0.2) is 33.4 Å². The topological polar surface area (TPSA) is 97.5 Å². The van der Waals surface area contributed by atoms with E-state index in [1.54, 1.807) is 12.1 Å². The van der Waals surface area contributed by atoms with Crippen LogP contribution >= 0.6 is 11.6 Å². The van der Waals surface area contributed by atoms with Crippen LogP contribution in [0.5, 0.6) is 5.75 Å². The number of hydrogen-bond acceptors (Lipinski definition) is 6. The summed E-state index contributed by atoms with van der Waals surface area (Å²) in [6, 6.07) is 11.5. The molecule has 168 valence electrons. The molecule has 1 heterocycles. The lowest BCUT2D eigenvalue weighted by Crippen LogP contribution is -2.18. The number of hydrogen-bond donors (Lipinski definition) is 2. The SMILES string of the molecule is Cc1cc(-c2nc(-c3ccc(OC(C)C)c(Cl)c3)no2)ccc1NC1CC[C@@H](C(=O)O)C1. The van der Waals surface area contributed by atoms with Crippen LogP contribution < -0.4 is 10.1 Å². The number of halogens is 1. The van der Waals surface area contributed by atoms with Crippen molar-refractivity contribution in [2.75, 3.05) is 5.32 Å². The van der Waals surface area contributed by atoms with Gasteiger partial charge in [0.05, 0.1) is 17.0 Å². The fourth-order valence-electron chi connectivity index (χ4n) is 3.96. The van der Waals surface area contributed by atoms with Crippen molar-refractivity contribution < 1.29 is 19.2 Å². The van der Waals surface area contributed by atoms with Gasteiger partial charge in [-0.25, -0.2) is 0 Å². The molecule has 0 radical (unpaired) electrons. The first kappa shape index (κ1) is 22.1. The van der Waals surface area contributed by atoms with Crippen LogP contribution in [0.2, 0.25) is 5.02 Å². The third kappa shape index (κ3) is 4.88. The lowest BCUT2D eigenvalue weighted by atomic mass is 10.1. The normalized spacial score (nSPS) is 18.2. The van der Waals surface area contributed by atoms with Crippen molar-refractivity contribution in [3.63, 3.8) is 0 Å². The van der Waals surface area contributed by atoms with Gasteiger partial charge in [0.2, 0.25) is 5.82 Å². The van der Waals surface area contributed by atoms with Crippen molar-refractivity contribution in [1.82, 2.24) is 10.1 Å². The summed E-state index contributed by atoms with van der Waals surface area (Å²) in [7, 11) is 0. The minimum absolute atomic E-state index is 0.0306. The Labute approximate surface area is 191 Å². The molecule has 2 atom stereocenters. The molecule has 1 unspecified atom stereocenters. The van der Waals surface area contributed by atoms with Gasteiger partial charge >= 0.3 is 5.97 Å². The van der Waals surface area contributed by atoms with Crippen LogP contribution in [0.25, 0.3) is 22.8 Å². The summed E-state index contributed by atoms with van der Waals surface area (Å²) in [5.41, 5.74) is 3.56. The molecule has 0 aliphatic heterocycles. The van der Waals surface area contributed by atoms with Gasteiger partial charge in [-0.3, -0.25) is 4.79 Å². The number of aryl methyl sites for hydroxylation is 1. The fourth-order valence-corrected chi connectivity index (χ4v) is 4.19. The summed E-state index contributed by atoms with van der Waals surface area (Å²) < 4.78 is 11.2. The Kier molecular flexibility index (Phi) is 6.37. The second-order valence-electron chi connectivity index (χ2n) is 8.45. The van der Waals surface area contributed by atoms with Gasteiger partial charge in [0, 0.05) is 22.9 Å². The molecule has 3 aromatic rings. The number of ether oxygens (including phenoxy) is 1. The van der Waals surface area contributed by atoms with Crippen LogP contribution in [0.1, 0.15) is 38.7 Å². The summed E-state index contributed by atoms with van der Waals surface area (Å²) in [4.78, 5) is 15.7. The number of carboxylic acid groups (broad SMARTS) is 1. The zero-order chi connectivity index (χ0) is 22.8. The zero-order valence-corrected chi connectivity index (χ0v) is 19.0. The highest BCUT2D eigenvalue weighted by Crippen LogP contribution is 2.33. The average molecular weight is 456 g/mol. The van der Waals surface area contributed by atoms with Crippen molar-refractivity contribution in [2.24, 2.45) is 5.92 Å². The molecule has 8 heteroatoms. The minimum atomic E-state index is -0.711. The predicted octanol–water partition coefficient (Wildman–Crippen LogP) is 5.82. The Bertz CT molecular complexity index is 1130. The van der Waals surface area contributed by atoms with E-state index in [0.717, 1.165) is 28.8 Å². The summed E-state index contributed by atoms with van der Waals surface area (Å²) in [5, 5.41) is 17.3. The molecule has 1 aliphatic rings. The summed E-state index contributed by atoms with van der Waals surface area (Å²) in [6.45, 7) is 5.89. The van der Waals surface area contributed by atoms with Crippen molar-refractivity contribution in [3.05, 3.63) is 47.0 Å². The number of nitrogens with one attached hydrogen (secondary N) is 1. The maximum Gasteiger partial charge on any atom is 0.306 e. The smallest absolute Gasteiger partial charge is 0.306 e. The van der Waals surface area contributed by atoms with Gasteiger partial charge < -0.3 is 19.7 Å². The van der Waals surface area contributed by atoms with E-state index in [1.165, 1.54) is 0 Å². The predicted molar refractivity (Wildman–Crippen MR) is 123 cm³/mol. The lowest BCUT2D eigenvalue weighted by Gasteiger charge is -2.16. The fraction of sp³-hybridized carbons (Fsp3) is 0.375. The Morgan fingerprint density at radius 3 is 2.66 bits per heavy atom. The van der Waals surface area contributed by atoms with Crippen molar-refractivity contribution in [3.8, 4) is 28.6 Å². The number of aliphatic carboxylic acids is 1. The maximum absolute atomic E-state index is 11.2. The minimum Gasteiger partial charge on any atom is -0.489 e. The molecular formula is C24H26ClN3O4. The quantitative estimate of drug-likeness (QED) is 0.463. The Balaban J connectivity index is 1.48. The third-order valence-corrected chi connectivity index (χ3v) is 5.89. The molecule has 1 aromatic heterocycles. The van der Waals surface area contributed by atoms with Gasteiger partial charge in [0.15, 0.2) is 0 Å². The van der Waals surface area contributed by atoms with E-state index in [0.29, 0.717) is 35.3 Å². The monoisotopic (exact) mass is 455 g/mol. The van der Waals surface area contributed by atoms with Gasteiger partial charge in [-0.2, -0.15) is 4.98 Å². The van der Waals surface area contributed by atoms with Crippen LogP contribution in [0, 0.1) is 12.8 Å². The molecule has 1 aliphatic carbocycles. The highest BCUT2D eigenvalue weighted by molar-refractivity contribution is 6.32. The molecule has 2 aromatic carbocycles. The second-order valence-corrected chi connectivity index (χ2v) is 8.86. The number of aromatic nitrogens is 2. The molecule has 7 nitrogen and oxygen atoms in total. The van der Waals surface area contributed by atoms with Crippen LogP contribution in [0.15, 0.2) is 40.9 Å². The zero-order valence-electron chi connectivity index (χ0n) is 18.3. The van der Waals surface area contributed by atoms with Crippen molar-refractivity contribution >= 4 is 23.3 Å². The summed E-state index contributed by atoms with van der Waals surface area (Å²) >= 11 is 6.33. The van der Waals surface area contributed by atoms with E-state index in [9.17, 15) is 9.90 Å². The van der Waals surface area contributed by atoms with E-state index in [-0.39, 0.29) is 18.1 Å². The van der Waals surface area contributed by atoms with E-state index < -0.39 is 5.97 Å². The van der Waals surface area contributed by atoms with Crippen LogP contribution in [0.3, 0.4) is 0 Å². The van der Waals surface area contributed by atoms with Crippen molar-refractivity contribution in [1.29, 1.82) is 0 Å². The maximum atomic E-state index is 11.2. The highest BCUT2D eigenvalue weighted by Gasteiger charge is 2.29. The molecule has 4 rings (SSSR count). The first-order valence-electron chi connectivity index (χ1n) is 10.7. The van der Waals surface area contributed by atoms with Crippen LogP contribution in [0.4, 0.5) is 5.69 Å². The van der Waals surface area contributed by atoms with E-state index in [2.05, 4.69) is 15.5 Å². The number of rotatable bonds is 7. The average Bonchev–Trinajstić information content (AvgIpc) is 3.41. The first-order chi connectivity index (χ1) is 15.3. The standard InChI is InChI=1S/C24H26ClN3O4/c1-13(2)31-21-9-6-15(12-19(21)25)22-27-23(32-28-22)16-5-8-20(14(3)10-16)26-18-7-4-17(11-18)24(29)30/h5-6,8-10,12-13,17-18,26H,4,7,11H2,1-3H3,(H,29,30)/t17-,18?/m1/s1. The molecular weight excluding hydrogens is 430 g/mol. The molecule has 1 fully saturated rings. The number of nitrogens with zero attached hydrogens (tertiary/aromatic N) is 2. The molecule has 0 amide bonds. The van der Waals surface area contributed by atoms with E-state index >= 15 is 0 Å². The highest BCUT2D eigenvalue weighted by atomic mass is 35.5. The summed E-state index contributed by atoms with van der Waals surface area (Å²) in [6.07, 6.45) is 2.24. The second kappa shape index (κ2) is 9.20. The molecule has 2 N–H and O–H groups in total. The van der Waals surface area contributed by atoms with Crippen LogP contribution in [-0.2, 0) is 4.79 Å². The van der Waals surface area contributed by atoms with Gasteiger partial charge in [0.1, 0.15) is 5.75 Å². The van der Waals surface area contributed by atoms with Gasteiger partial charge in [-0.15, -0.1) is 0 Å². The van der Waals surface area contributed by atoms with Gasteiger partial charge in [0.25, 0.3) is 5.89 Å². The molecule has 1 saturated carbocycles. The first-order valence-corrected chi connectivity index (χ1v) is 11.1.